The number of amides is 2. The molecule has 3 heteroatoms. The predicted molar refractivity (Wildman–Crippen MR) is 56.7 cm³/mol. The van der Waals surface area contributed by atoms with Gasteiger partial charge in [-0.05, 0) is 12.5 Å². The summed E-state index contributed by atoms with van der Waals surface area (Å²) in [6.45, 7) is 5.42. The van der Waals surface area contributed by atoms with Gasteiger partial charge in [-0.3, -0.25) is 14.9 Å². The van der Waals surface area contributed by atoms with Crippen LogP contribution >= 0.6 is 0 Å². The average Bonchev–Trinajstić information content (AvgIpc) is 2.17. The number of nitrogens with one attached hydrogen (secondary N) is 1. The zero-order valence-corrected chi connectivity index (χ0v) is 8.84. The highest BCUT2D eigenvalue weighted by atomic mass is 16.2. The van der Waals surface area contributed by atoms with Crippen molar-refractivity contribution in [3.05, 3.63) is 12.7 Å². The van der Waals surface area contributed by atoms with Gasteiger partial charge in [0, 0.05) is 6.42 Å². The molecule has 1 N–H and O–H groups in total. The van der Waals surface area contributed by atoms with Crippen molar-refractivity contribution < 1.29 is 9.59 Å². The Morgan fingerprint density at radius 1 is 1.21 bits per heavy atom. The van der Waals surface area contributed by atoms with Gasteiger partial charge < -0.3 is 0 Å². The number of carbonyl (C=O) groups is 2. The van der Waals surface area contributed by atoms with E-state index in [0.717, 1.165) is 18.9 Å². The van der Waals surface area contributed by atoms with Gasteiger partial charge in [0.25, 0.3) is 0 Å². The fraction of sp³-hybridized carbons (Fsp3) is 0.636. The predicted octanol–water partition coefficient (Wildman–Crippen LogP) is 2.18. The largest absolute Gasteiger partial charge is 0.293 e. The summed E-state index contributed by atoms with van der Waals surface area (Å²) in [5, 5.41) is 2.22. The van der Waals surface area contributed by atoms with E-state index in [-0.39, 0.29) is 5.91 Å². The van der Waals surface area contributed by atoms with Gasteiger partial charge in [0.05, 0.1) is 0 Å². The molecule has 0 radical (unpaired) electrons. The molecule has 0 aliphatic rings. The van der Waals surface area contributed by atoms with Crippen LogP contribution in [-0.2, 0) is 9.59 Å². The molecule has 14 heavy (non-hydrogen) atoms. The molecule has 0 saturated carbocycles. The molecule has 0 aliphatic carbocycles. The molecule has 0 aromatic heterocycles. The second kappa shape index (κ2) is 8.48. The van der Waals surface area contributed by atoms with Crippen LogP contribution in [0.15, 0.2) is 12.7 Å². The number of rotatable bonds is 7. The summed E-state index contributed by atoms with van der Waals surface area (Å²) in [6.07, 6.45) is 7.03. The van der Waals surface area contributed by atoms with Crippen molar-refractivity contribution in [1.29, 1.82) is 0 Å². The fourth-order valence-corrected chi connectivity index (χ4v) is 1.14. The Hall–Kier alpha value is -1.12. The van der Waals surface area contributed by atoms with Crippen molar-refractivity contribution in [1.82, 2.24) is 5.32 Å². The van der Waals surface area contributed by atoms with Gasteiger partial charge in [-0.25, -0.2) is 0 Å². The first-order valence-electron chi connectivity index (χ1n) is 5.17. The van der Waals surface area contributed by atoms with E-state index in [4.69, 9.17) is 0 Å². The standard InChI is InChI=1S/C11H19NO2/c1-3-5-6-7-8-9-11(14)12-10(13)4-2/h4H,2-3,5-9H2,1H3,(H,12,13,14). The van der Waals surface area contributed by atoms with Crippen molar-refractivity contribution in [2.75, 3.05) is 0 Å². The van der Waals surface area contributed by atoms with Crippen LogP contribution in [0.1, 0.15) is 45.4 Å². The molecule has 3 nitrogen and oxygen atoms in total. The molecular formula is C11H19NO2. The Labute approximate surface area is 85.6 Å². The van der Waals surface area contributed by atoms with Crippen LogP contribution in [0, 0.1) is 0 Å². The van der Waals surface area contributed by atoms with E-state index in [1.165, 1.54) is 19.3 Å². The topological polar surface area (TPSA) is 46.2 Å². The van der Waals surface area contributed by atoms with Crippen LogP contribution in [0.5, 0.6) is 0 Å². The lowest BCUT2D eigenvalue weighted by Crippen LogP contribution is -2.28. The van der Waals surface area contributed by atoms with Crippen LogP contribution in [0.25, 0.3) is 0 Å². The van der Waals surface area contributed by atoms with E-state index < -0.39 is 5.91 Å². The summed E-state index contributed by atoms with van der Waals surface area (Å²) in [5.74, 6) is -0.616. The molecule has 0 bridgehead atoms. The maximum atomic E-state index is 11.1. The highest BCUT2D eigenvalue weighted by Gasteiger charge is 2.03. The summed E-state index contributed by atoms with van der Waals surface area (Å²) in [4.78, 5) is 21.8. The van der Waals surface area contributed by atoms with Crippen LogP contribution in [0.2, 0.25) is 0 Å². The molecule has 0 heterocycles. The van der Waals surface area contributed by atoms with Crippen LogP contribution in [0.4, 0.5) is 0 Å². The molecular weight excluding hydrogens is 178 g/mol. The Bertz CT molecular complexity index is 199. The average molecular weight is 197 g/mol. The van der Waals surface area contributed by atoms with E-state index in [1.54, 1.807) is 0 Å². The van der Waals surface area contributed by atoms with Crippen molar-refractivity contribution in [3.8, 4) is 0 Å². The third-order valence-electron chi connectivity index (χ3n) is 1.96. The molecule has 0 spiro atoms. The minimum absolute atomic E-state index is 0.202. The maximum Gasteiger partial charge on any atom is 0.249 e. The lowest BCUT2D eigenvalue weighted by atomic mass is 10.1. The molecule has 0 aromatic rings. The first-order chi connectivity index (χ1) is 6.70. The van der Waals surface area contributed by atoms with Crippen molar-refractivity contribution in [2.45, 2.75) is 45.4 Å². The summed E-state index contributed by atoms with van der Waals surface area (Å²) in [6, 6.07) is 0. The molecule has 2 amide bonds. The van der Waals surface area contributed by atoms with E-state index >= 15 is 0 Å². The molecule has 80 valence electrons. The lowest BCUT2D eigenvalue weighted by molar-refractivity contribution is -0.128. The van der Waals surface area contributed by atoms with Gasteiger partial charge in [-0.2, -0.15) is 0 Å². The molecule has 0 fully saturated rings. The molecule has 0 unspecified atom stereocenters. The smallest absolute Gasteiger partial charge is 0.249 e. The van der Waals surface area contributed by atoms with E-state index in [1.807, 2.05) is 0 Å². The monoisotopic (exact) mass is 197 g/mol. The molecule has 0 aliphatic heterocycles. The molecule has 0 rings (SSSR count). The zero-order chi connectivity index (χ0) is 10.8. The van der Waals surface area contributed by atoms with Crippen molar-refractivity contribution in [2.24, 2.45) is 0 Å². The van der Waals surface area contributed by atoms with Gasteiger partial charge in [0.2, 0.25) is 11.8 Å². The van der Waals surface area contributed by atoms with Gasteiger partial charge in [0.1, 0.15) is 0 Å². The van der Waals surface area contributed by atoms with E-state index in [9.17, 15) is 9.59 Å². The Morgan fingerprint density at radius 2 is 1.86 bits per heavy atom. The zero-order valence-electron chi connectivity index (χ0n) is 8.84. The second-order valence-electron chi connectivity index (χ2n) is 3.28. The Kier molecular flexibility index (Phi) is 7.80. The van der Waals surface area contributed by atoms with Crippen LogP contribution in [0.3, 0.4) is 0 Å². The number of hydrogen-bond donors (Lipinski definition) is 1. The number of hydrogen-bond acceptors (Lipinski definition) is 2. The van der Waals surface area contributed by atoms with Gasteiger partial charge in [-0.1, -0.05) is 39.2 Å². The summed E-state index contributed by atoms with van der Waals surface area (Å²) in [7, 11) is 0. The van der Waals surface area contributed by atoms with Gasteiger partial charge in [0.15, 0.2) is 0 Å². The second-order valence-corrected chi connectivity index (χ2v) is 3.28. The lowest BCUT2D eigenvalue weighted by Gasteiger charge is -2.00. The van der Waals surface area contributed by atoms with Crippen LogP contribution in [-0.4, -0.2) is 11.8 Å². The van der Waals surface area contributed by atoms with Gasteiger partial charge in [-0.15, -0.1) is 0 Å². The quantitative estimate of drug-likeness (QED) is 0.502. The first-order valence-corrected chi connectivity index (χ1v) is 5.17. The molecule has 0 atom stereocenters. The summed E-state index contributed by atoms with van der Waals surface area (Å²) < 4.78 is 0. The SMILES string of the molecule is C=CC(=O)NC(=O)CCCCCCC. The highest BCUT2D eigenvalue weighted by Crippen LogP contribution is 2.04. The fourth-order valence-electron chi connectivity index (χ4n) is 1.14. The minimum atomic E-state index is -0.413. The van der Waals surface area contributed by atoms with E-state index in [0.29, 0.717) is 6.42 Å². The highest BCUT2D eigenvalue weighted by molar-refractivity contribution is 6.00. The Balaban J connectivity index is 3.35. The van der Waals surface area contributed by atoms with E-state index in [2.05, 4.69) is 18.8 Å². The number of carbonyl (C=O) groups excluding carboxylic acids is 2. The van der Waals surface area contributed by atoms with Gasteiger partial charge >= 0.3 is 0 Å². The maximum absolute atomic E-state index is 11.1. The third-order valence-corrected chi connectivity index (χ3v) is 1.96. The first kappa shape index (κ1) is 12.9. The summed E-state index contributed by atoms with van der Waals surface area (Å²) in [5.41, 5.74) is 0. The van der Waals surface area contributed by atoms with Crippen LogP contribution < -0.4 is 5.32 Å². The number of imide groups is 1. The third kappa shape index (κ3) is 7.53. The Morgan fingerprint density at radius 3 is 2.43 bits per heavy atom. The molecule has 0 aromatic carbocycles. The van der Waals surface area contributed by atoms with Crippen molar-refractivity contribution >= 4 is 11.8 Å². The van der Waals surface area contributed by atoms with Crippen molar-refractivity contribution in [3.63, 3.8) is 0 Å². The normalized spacial score (nSPS) is 9.50. The molecule has 0 saturated heterocycles. The summed E-state index contributed by atoms with van der Waals surface area (Å²) >= 11 is 0. The minimum Gasteiger partial charge on any atom is -0.293 e. The number of unbranched alkanes of at least 4 members (excludes halogenated alkanes) is 4.